The molecule has 0 bridgehead atoms. The smallest absolute Gasteiger partial charge is 0.335 e. The molecule has 1 amide bonds. The third kappa shape index (κ3) is 3.96. The predicted molar refractivity (Wildman–Crippen MR) is 89.4 cm³/mol. The van der Waals surface area contributed by atoms with Crippen LogP contribution >= 0.6 is 0 Å². The molecule has 2 aromatic rings. The predicted octanol–water partition coefficient (Wildman–Crippen LogP) is 2.49. The van der Waals surface area contributed by atoms with Crippen molar-refractivity contribution in [3.8, 4) is 5.75 Å². The highest BCUT2D eigenvalue weighted by atomic mass is 19.1. The van der Waals surface area contributed by atoms with Crippen molar-refractivity contribution >= 4 is 11.9 Å². The molecule has 1 aliphatic rings. The summed E-state index contributed by atoms with van der Waals surface area (Å²) in [7, 11) is 0. The lowest BCUT2D eigenvalue weighted by Gasteiger charge is -2.26. The number of ether oxygens (including phenoxy) is 1. The molecule has 1 aliphatic heterocycles. The molecule has 3 rings (SSSR count). The number of halogens is 1. The van der Waals surface area contributed by atoms with Gasteiger partial charge in [-0.05, 0) is 60.4 Å². The minimum Gasteiger partial charge on any atom is -0.491 e. The van der Waals surface area contributed by atoms with Crippen LogP contribution in [0, 0.1) is 12.7 Å². The maximum Gasteiger partial charge on any atom is 0.335 e. The Hall–Kier alpha value is -2.89. The van der Waals surface area contributed by atoms with Gasteiger partial charge in [-0.1, -0.05) is 6.07 Å². The van der Waals surface area contributed by atoms with Crippen LogP contribution in [0.25, 0.3) is 0 Å². The van der Waals surface area contributed by atoms with Gasteiger partial charge < -0.3 is 15.2 Å². The summed E-state index contributed by atoms with van der Waals surface area (Å²) >= 11 is 0. The highest BCUT2D eigenvalue weighted by molar-refractivity contribution is 5.88. The number of rotatable bonds is 4. The molecule has 0 radical (unpaired) electrons. The Morgan fingerprint density at radius 1 is 1.28 bits per heavy atom. The van der Waals surface area contributed by atoms with Crippen molar-refractivity contribution in [3.05, 3.63) is 64.5 Å². The topological polar surface area (TPSA) is 75.6 Å². The van der Waals surface area contributed by atoms with E-state index in [1.54, 1.807) is 25.1 Å². The van der Waals surface area contributed by atoms with Crippen molar-refractivity contribution in [3.63, 3.8) is 0 Å². The van der Waals surface area contributed by atoms with Gasteiger partial charge in [0.25, 0.3) is 0 Å². The van der Waals surface area contributed by atoms with E-state index in [1.807, 2.05) is 0 Å². The van der Waals surface area contributed by atoms with Crippen LogP contribution in [0.15, 0.2) is 36.4 Å². The molecule has 0 saturated heterocycles. The number of carbonyl (C=O) groups is 2. The third-order valence-electron chi connectivity index (χ3n) is 4.23. The van der Waals surface area contributed by atoms with E-state index < -0.39 is 5.97 Å². The molecule has 0 spiro atoms. The zero-order valence-electron chi connectivity index (χ0n) is 13.7. The fourth-order valence-corrected chi connectivity index (χ4v) is 2.93. The van der Waals surface area contributed by atoms with Gasteiger partial charge in [0.05, 0.1) is 18.0 Å². The first-order chi connectivity index (χ1) is 11.9. The first-order valence-corrected chi connectivity index (χ1v) is 7.96. The van der Waals surface area contributed by atoms with Crippen molar-refractivity contribution in [1.82, 2.24) is 5.32 Å². The minimum absolute atomic E-state index is 0.151. The molecule has 0 fully saturated rings. The summed E-state index contributed by atoms with van der Waals surface area (Å²) in [6.45, 7) is 2.11. The lowest BCUT2D eigenvalue weighted by atomic mass is 10.0. The number of aromatic carboxylic acids is 1. The Bertz CT molecular complexity index is 834. The summed E-state index contributed by atoms with van der Waals surface area (Å²) in [5, 5.41) is 11.9. The number of carboxylic acid groups (broad SMARTS) is 1. The van der Waals surface area contributed by atoms with E-state index in [4.69, 9.17) is 9.84 Å². The highest BCUT2D eigenvalue weighted by Gasteiger charge is 2.22. The van der Waals surface area contributed by atoms with Gasteiger partial charge in [0.15, 0.2) is 0 Å². The van der Waals surface area contributed by atoms with Gasteiger partial charge in [-0.15, -0.1) is 0 Å². The monoisotopic (exact) mass is 343 g/mol. The standard InChI is InChI=1S/C19H18FNO4/c1-11-6-13(19(23)24)3-2-12(11)9-18(22)21-16-8-14-7-15(20)4-5-17(14)25-10-16/h2-7,16H,8-10H2,1H3,(H,21,22)(H,23,24). The average molecular weight is 343 g/mol. The van der Waals surface area contributed by atoms with E-state index in [-0.39, 0.29) is 29.8 Å². The van der Waals surface area contributed by atoms with E-state index in [9.17, 15) is 14.0 Å². The molecule has 2 N–H and O–H groups in total. The summed E-state index contributed by atoms with van der Waals surface area (Å²) < 4.78 is 18.9. The third-order valence-corrected chi connectivity index (χ3v) is 4.23. The van der Waals surface area contributed by atoms with Crippen LogP contribution < -0.4 is 10.1 Å². The van der Waals surface area contributed by atoms with Crippen LogP contribution in [0.3, 0.4) is 0 Å². The van der Waals surface area contributed by atoms with Crippen molar-refractivity contribution in [1.29, 1.82) is 0 Å². The average Bonchev–Trinajstić information content (AvgIpc) is 2.56. The Morgan fingerprint density at radius 2 is 2.08 bits per heavy atom. The van der Waals surface area contributed by atoms with Crippen LogP contribution in [0.5, 0.6) is 5.75 Å². The molecule has 5 nitrogen and oxygen atoms in total. The maximum absolute atomic E-state index is 13.3. The van der Waals surface area contributed by atoms with Gasteiger partial charge in [0.2, 0.25) is 5.91 Å². The van der Waals surface area contributed by atoms with Crippen LogP contribution in [-0.4, -0.2) is 29.6 Å². The Labute approximate surface area is 144 Å². The van der Waals surface area contributed by atoms with E-state index in [2.05, 4.69) is 5.32 Å². The van der Waals surface area contributed by atoms with Gasteiger partial charge in [-0.3, -0.25) is 4.79 Å². The zero-order valence-corrected chi connectivity index (χ0v) is 13.7. The summed E-state index contributed by atoms with van der Waals surface area (Å²) in [4.78, 5) is 23.2. The molecule has 0 aromatic heterocycles. The highest BCUT2D eigenvalue weighted by Crippen LogP contribution is 2.25. The van der Waals surface area contributed by atoms with Crippen molar-refractivity contribution in [2.45, 2.75) is 25.8 Å². The van der Waals surface area contributed by atoms with Gasteiger partial charge in [-0.2, -0.15) is 0 Å². The maximum atomic E-state index is 13.3. The Balaban J connectivity index is 1.63. The molecule has 1 unspecified atom stereocenters. The molecule has 25 heavy (non-hydrogen) atoms. The van der Waals surface area contributed by atoms with Crippen molar-refractivity contribution < 1.29 is 23.8 Å². The van der Waals surface area contributed by atoms with E-state index in [1.165, 1.54) is 18.2 Å². The Morgan fingerprint density at radius 3 is 2.80 bits per heavy atom. The van der Waals surface area contributed by atoms with E-state index in [0.29, 0.717) is 18.8 Å². The largest absolute Gasteiger partial charge is 0.491 e. The number of benzene rings is 2. The number of fused-ring (bicyclic) bond motifs is 1. The molecular formula is C19H18FNO4. The molecule has 130 valence electrons. The van der Waals surface area contributed by atoms with E-state index in [0.717, 1.165) is 16.7 Å². The molecule has 0 aliphatic carbocycles. The molecule has 0 saturated carbocycles. The van der Waals surface area contributed by atoms with Crippen LogP contribution in [0.1, 0.15) is 27.0 Å². The lowest BCUT2D eigenvalue weighted by Crippen LogP contribution is -2.43. The second-order valence-corrected chi connectivity index (χ2v) is 6.15. The van der Waals surface area contributed by atoms with E-state index >= 15 is 0 Å². The van der Waals surface area contributed by atoms with Crippen LogP contribution in [0.4, 0.5) is 4.39 Å². The number of hydrogen-bond acceptors (Lipinski definition) is 3. The second kappa shape index (κ2) is 6.93. The van der Waals surface area contributed by atoms with Crippen LogP contribution in [0.2, 0.25) is 0 Å². The number of carbonyl (C=O) groups excluding carboxylic acids is 1. The molecular weight excluding hydrogens is 325 g/mol. The SMILES string of the molecule is Cc1cc(C(=O)O)ccc1CC(=O)NC1COc2ccc(F)cc2C1. The lowest BCUT2D eigenvalue weighted by molar-refractivity contribution is -0.121. The molecule has 1 atom stereocenters. The van der Waals surface area contributed by atoms with Gasteiger partial charge in [0, 0.05) is 0 Å². The van der Waals surface area contributed by atoms with Gasteiger partial charge >= 0.3 is 5.97 Å². The molecule has 6 heteroatoms. The number of hydrogen-bond donors (Lipinski definition) is 2. The van der Waals surface area contributed by atoms with Crippen molar-refractivity contribution in [2.75, 3.05) is 6.61 Å². The first kappa shape index (κ1) is 17.0. The quantitative estimate of drug-likeness (QED) is 0.894. The number of nitrogens with one attached hydrogen (secondary N) is 1. The molecule has 2 aromatic carbocycles. The number of aryl methyl sites for hydroxylation is 1. The first-order valence-electron chi connectivity index (χ1n) is 7.96. The zero-order chi connectivity index (χ0) is 18.0. The number of amides is 1. The van der Waals surface area contributed by atoms with Gasteiger partial charge in [-0.25, -0.2) is 9.18 Å². The number of carboxylic acids is 1. The summed E-state index contributed by atoms with van der Waals surface area (Å²) in [5.74, 6) is -0.862. The summed E-state index contributed by atoms with van der Waals surface area (Å²) in [6.07, 6.45) is 0.661. The fraction of sp³-hybridized carbons (Fsp3) is 0.263. The normalized spacial score (nSPS) is 15.8. The second-order valence-electron chi connectivity index (χ2n) is 6.15. The Kier molecular flexibility index (Phi) is 4.70. The van der Waals surface area contributed by atoms with Crippen molar-refractivity contribution in [2.24, 2.45) is 0 Å². The van der Waals surface area contributed by atoms with Crippen LogP contribution in [-0.2, 0) is 17.6 Å². The van der Waals surface area contributed by atoms with Gasteiger partial charge in [0.1, 0.15) is 18.2 Å². The fourth-order valence-electron chi connectivity index (χ4n) is 2.93. The minimum atomic E-state index is -0.996. The summed E-state index contributed by atoms with van der Waals surface area (Å²) in [5.41, 5.74) is 2.45. The molecule has 1 heterocycles. The summed E-state index contributed by atoms with van der Waals surface area (Å²) in [6, 6.07) is 8.83.